The van der Waals surface area contributed by atoms with Crippen LogP contribution in [0.1, 0.15) is 26.7 Å². The van der Waals surface area contributed by atoms with Gasteiger partial charge in [-0.3, -0.25) is 4.79 Å². The van der Waals surface area contributed by atoms with Crippen molar-refractivity contribution >= 4 is 29.0 Å². The minimum Gasteiger partial charge on any atom is -0.459 e. The van der Waals surface area contributed by atoms with Crippen LogP contribution in [0.2, 0.25) is 0 Å². The van der Waals surface area contributed by atoms with Gasteiger partial charge < -0.3 is 19.5 Å². The lowest BCUT2D eigenvalue weighted by molar-refractivity contribution is 0.0675. The van der Waals surface area contributed by atoms with Crippen LogP contribution in [-0.4, -0.2) is 52.9 Å². The van der Waals surface area contributed by atoms with Gasteiger partial charge in [0.05, 0.1) is 5.69 Å². The van der Waals surface area contributed by atoms with Gasteiger partial charge in [-0.15, -0.1) is 11.3 Å². The van der Waals surface area contributed by atoms with Crippen molar-refractivity contribution in [2.45, 2.75) is 20.8 Å². The zero-order chi connectivity index (χ0) is 21.3. The van der Waals surface area contributed by atoms with Crippen molar-refractivity contribution in [2.24, 2.45) is 0 Å². The van der Waals surface area contributed by atoms with Crippen LogP contribution < -0.4 is 5.32 Å². The van der Waals surface area contributed by atoms with E-state index in [1.807, 2.05) is 57.2 Å². The molecular formula is C22H24N4O3S. The number of nitrogens with zero attached hydrogens (tertiary/aromatic N) is 3. The van der Waals surface area contributed by atoms with Crippen molar-refractivity contribution in [3.63, 3.8) is 0 Å². The normalized spacial score (nSPS) is 14.1. The number of furan rings is 1. The number of benzene rings is 1. The molecular weight excluding hydrogens is 400 g/mol. The molecule has 4 rings (SSSR count). The highest BCUT2D eigenvalue weighted by Crippen LogP contribution is 2.30. The van der Waals surface area contributed by atoms with E-state index >= 15 is 0 Å². The highest BCUT2D eigenvalue weighted by Gasteiger charge is 2.28. The predicted molar refractivity (Wildman–Crippen MR) is 117 cm³/mol. The first kappa shape index (κ1) is 20.2. The number of anilines is 1. The molecule has 3 aromatic rings. The number of hydrogen-bond acceptors (Lipinski definition) is 5. The Labute approximate surface area is 179 Å². The smallest absolute Gasteiger partial charge is 0.321 e. The average Bonchev–Trinajstić information content (AvgIpc) is 3.33. The van der Waals surface area contributed by atoms with Crippen LogP contribution in [0.15, 0.2) is 40.8 Å². The summed E-state index contributed by atoms with van der Waals surface area (Å²) in [5.74, 6) is 1.45. The first-order chi connectivity index (χ1) is 14.4. The van der Waals surface area contributed by atoms with Gasteiger partial charge in [0.15, 0.2) is 10.8 Å². The van der Waals surface area contributed by atoms with Gasteiger partial charge in [-0.2, -0.15) is 0 Å². The molecule has 1 aliphatic rings. The number of carbonyl (C=O) groups excluding carboxylic acids is 2. The number of hydrogen-bond donors (Lipinski definition) is 1. The van der Waals surface area contributed by atoms with E-state index in [0.29, 0.717) is 47.5 Å². The number of rotatable bonds is 3. The van der Waals surface area contributed by atoms with Crippen LogP contribution in [0.4, 0.5) is 10.5 Å². The van der Waals surface area contributed by atoms with E-state index < -0.39 is 0 Å². The Morgan fingerprint density at radius 1 is 1.03 bits per heavy atom. The summed E-state index contributed by atoms with van der Waals surface area (Å²) in [6.07, 6.45) is 0. The molecule has 3 amide bonds. The summed E-state index contributed by atoms with van der Waals surface area (Å²) < 4.78 is 5.63. The van der Waals surface area contributed by atoms with E-state index in [1.165, 1.54) is 11.3 Å². The Hall–Kier alpha value is -3.13. The Morgan fingerprint density at radius 2 is 1.77 bits per heavy atom. The Bertz CT molecular complexity index is 1080. The first-order valence-corrected chi connectivity index (χ1v) is 10.7. The minimum atomic E-state index is -0.142. The van der Waals surface area contributed by atoms with E-state index in [4.69, 9.17) is 4.42 Å². The van der Waals surface area contributed by atoms with Crippen LogP contribution in [-0.2, 0) is 0 Å². The third kappa shape index (κ3) is 4.23. The van der Waals surface area contributed by atoms with E-state index in [1.54, 1.807) is 9.80 Å². The lowest BCUT2D eigenvalue weighted by Crippen LogP contribution is -2.51. The molecule has 8 heteroatoms. The Kier molecular flexibility index (Phi) is 5.59. The van der Waals surface area contributed by atoms with Gasteiger partial charge in [0.1, 0.15) is 10.6 Å². The van der Waals surface area contributed by atoms with Crippen LogP contribution in [0, 0.1) is 20.8 Å². The van der Waals surface area contributed by atoms with Crippen LogP contribution in [0.5, 0.6) is 0 Å². The van der Waals surface area contributed by atoms with Gasteiger partial charge in [-0.25, -0.2) is 9.78 Å². The molecule has 0 unspecified atom stereocenters. The number of piperazine rings is 1. The lowest BCUT2D eigenvalue weighted by atomic mass is 10.2. The van der Waals surface area contributed by atoms with Crippen molar-refractivity contribution in [2.75, 3.05) is 31.5 Å². The van der Waals surface area contributed by atoms with Gasteiger partial charge in [0.25, 0.3) is 5.91 Å². The van der Waals surface area contributed by atoms with Crippen LogP contribution in [0.3, 0.4) is 0 Å². The molecule has 0 atom stereocenters. The largest absolute Gasteiger partial charge is 0.459 e. The molecule has 30 heavy (non-hydrogen) atoms. The fourth-order valence-electron chi connectivity index (χ4n) is 3.43. The molecule has 0 radical (unpaired) electrons. The van der Waals surface area contributed by atoms with E-state index in [0.717, 1.165) is 17.0 Å². The zero-order valence-corrected chi connectivity index (χ0v) is 18.1. The third-order valence-electron chi connectivity index (χ3n) is 5.07. The minimum absolute atomic E-state index is 0.0433. The second-order valence-electron chi connectivity index (χ2n) is 7.42. The number of amides is 3. The number of aromatic nitrogens is 1. The van der Waals surface area contributed by atoms with Gasteiger partial charge >= 0.3 is 6.03 Å². The molecule has 1 saturated heterocycles. The summed E-state index contributed by atoms with van der Waals surface area (Å²) in [5, 5.41) is 3.63. The summed E-state index contributed by atoms with van der Waals surface area (Å²) in [4.78, 5) is 34.2. The topological polar surface area (TPSA) is 78.7 Å². The number of nitrogens with one attached hydrogen (secondary N) is 1. The van der Waals surface area contributed by atoms with Crippen molar-refractivity contribution in [3.8, 4) is 10.8 Å². The quantitative estimate of drug-likeness (QED) is 0.679. The highest BCUT2D eigenvalue weighted by atomic mass is 32.1. The molecule has 7 nitrogen and oxygen atoms in total. The second-order valence-corrected chi connectivity index (χ2v) is 8.42. The van der Waals surface area contributed by atoms with E-state index in [2.05, 4.69) is 10.3 Å². The highest BCUT2D eigenvalue weighted by molar-refractivity contribution is 7.17. The monoisotopic (exact) mass is 424 g/mol. The third-order valence-corrected chi connectivity index (χ3v) is 6.23. The fraction of sp³-hybridized carbons (Fsp3) is 0.318. The maximum Gasteiger partial charge on any atom is 0.321 e. The summed E-state index contributed by atoms with van der Waals surface area (Å²) in [6, 6.07) is 11.3. The fourth-order valence-corrected chi connectivity index (χ4v) is 4.43. The van der Waals surface area contributed by atoms with Crippen LogP contribution in [0.25, 0.3) is 10.8 Å². The molecule has 0 bridgehead atoms. The molecule has 1 N–H and O–H groups in total. The second kappa shape index (κ2) is 8.31. The molecule has 1 aromatic carbocycles. The first-order valence-electron chi connectivity index (χ1n) is 9.87. The van der Waals surface area contributed by atoms with Crippen molar-refractivity contribution in [3.05, 3.63) is 58.3 Å². The molecule has 1 fully saturated rings. The molecule has 1 aliphatic heterocycles. The molecule has 0 aliphatic carbocycles. The van der Waals surface area contributed by atoms with Gasteiger partial charge in [0, 0.05) is 31.9 Å². The van der Waals surface area contributed by atoms with Crippen molar-refractivity contribution in [1.82, 2.24) is 14.8 Å². The van der Waals surface area contributed by atoms with Crippen LogP contribution >= 0.6 is 11.3 Å². The molecule has 3 heterocycles. The average molecular weight is 425 g/mol. The summed E-state index contributed by atoms with van der Waals surface area (Å²) >= 11 is 1.35. The SMILES string of the molecule is Cc1cccc(NC(=O)N2CCN(C(=O)c3sc(-c4ccc(C)o4)nc3C)CC2)c1. The van der Waals surface area contributed by atoms with Crippen molar-refractivity contribution in [1.29, 1.82) is 0 Å². The molecule has 2 aromatic heterocycles. The molecule has 0 saturated carbocycles. The summed E-state index contributed by atoms with van der Waals surface area (Å²) in [7, 11) is 0. The van der Waals surface area contributed by atoms with Gasteiger partial charge in [0.2, 0.25) is 0 Å². The van der Waals surface area contributed by atoms with E-state index in [9.17, 15) is 9.59 Å². The Balaban J connectivity index is 1.37. The maximum absolute atomic E-state index is 13.0. The number of aryl methyl sites for hydroxylation is 3. The molecule has 0 spiro atoms. The zero-order valence-electron chi connectivity index (χ0n) is 17.3. The lowest BCUT2D eigenvalue weighted by Gasteiger charge is -2.34. The van der Waals surface area contributed by atoms with Crippen molar-refractivity contribution < 1.29 is 14.0 Å². The number of carbonyl (C=O) groups is 2. The Morgan fingerprint density at radius 3 is 2.43 bits per heavy atom. The van der Waals surface area contributed by atoms with Gasteiger partial charge in [-0.05, 0) is 50.6 Å². The summed E-state index contributed by atoms with van der Waals surface area (Å²) in [5.41, 5.74) is 2.57. The standard InChI is InChI=1S/C22H24N4O3S/c1-14-5-4-6-17(13-14)24-22(28)26-11-9-25(10-12-26)21(27)19-16(3)23-20(30-19)18-8-7-15(2)29-18/h4-8,13H,9-12H2,1-3H3,(H,24,28). The van der Waals surface area contributed by atoms with Gasteiger partial charge in [-0.1, -0.05) is 12.1 Å². The maximum atomic E-state index is 13.0. The summed E-state index contributed by atoms with van der Waals surface area (Å²) in [6.45, 7) is 7.68. The number of thiazole rings is 1. The van der Waals surface area contributed by atoms with E-state index in [-0.39, 0.29) is 11.9 Å². The molecule has 156 valence electrons. The predicted octanol–water partition coefficient (Wildman–Crippen LogP) is 4.32. The number of urea groups is 1.